The summed E-state index contributed by atoms with van der Waals surface area (Å²) in [6.45, 7) is 3.54. The van der Waals surface area contributed by atoms with Gasteiger partial charge in [-0.2, -0.15) is 0 Å². The topological polar surface area (TPSA) is 47.0 Å². The summed E-state index contributed by atoms with van der Waals surface area (Å²) in [6.07, 6.45) is 10.5. The van der Waals surface area contributed by atoms with Crippen molar-refractivity contribution in [1.29, 1.82) is 0 Å². The van der Waals surface area contributed by atoms with Crippen LogP contribution in [0.2, 0.25) is 5.28 Å². The molecule has 1 N–H and O–H groups in total. The Morgan fingerprint density at radius 1 is 1.47 bits per heavy atom. The lowest BCUT2D eigenvalue weighted by molar-refractivity contribution is 0.272. The molecule has 0 saturated heterocycles. The van der Waals surface area contributed by atoms with E-state index in [1.807, 2.05) is 13.0 Å². The minimum absolute atomic E-state index is 0.266. The highest BCUT2D eigenvalue weighted by Crippen LogP contribution is 2.25. The molecule has 0 spiro atoms. The van der Waals surface area contributed by atoms with E-state index < -0.39 is 0 Å². The summed E-state index contributed by atoms with van der Waals surface area (Å²) >= 11 is 5.86. The van der Waals surface area contributed by atoms with Gasteiger partial charge >= 0.3 is 0 Å². The number of halogens is 1. The van der Waals surface area contributed by atoms with E-state index in [-0.39, 0.29) is 5.28 Å². The lowest BCUT2D eigenvalue weighted by Crippen LogP contribution is -2.13. The molecule has 5 heteroatoms. The minimum Gasteiger partial charge on any atom is -0.501 e. The molecule has 0 atom stereocenters. The predicted octanol–water partition coefficient (Wildman–Crippen LogP) is 3.74. The van der Waals surface area contributed by atoms with Crippen LogP contribution < -0.4 is 5.32 Å². The molecule has 0 unspecified atom stereocenters. The third-order valence-corrected chi connectivity index (χ3v) is 3.51. The Bertz CT molecular complexity index is 431. The number of nitrogens with one attached hydrogen (secondary N) is 1. The van der Waals surface area contributed by atoms with Gasteiger partial charge in [-0.15, -0.1) is 0 Å². The van der Waals surface area contributed by atoms with Gasteiger partial charge in [-0.3, -0.25) is 0 Å². The molecule has 1 aliphatic carbocycles. The first-order valence-corrected chi connectivity index (χ1v) is 7.22. The van der Waals surface area contributed by atoms with Crippen LogP contribution >= 0.6 is 11.6 Å². The zero-order valence-electron chi connectivity index (χ0n) is 11.2. The third kappa shape index (κ3) is 4.39. The molecule has 2 rings (SSSR count). The third-order valence-electron chi connectivity index (χ3n) is 3.33. The van der Waals surface area contributed by atoms with Crippen molar-refractivity contribution in [3.8, 4) is 0 Å². The van der Waals surface area contributed by atoms with Crippen LogP contribution in [0.15, 0.2) is 12.5 Å². The maximum Gasteiger partial charge on any atom is 0.224 e. The molecule has 0 amide bonds. The Labute approximate surface area is 119 Å². The lowest BCUT2D eigenvalue weighted by Gasteiger charge is -2.12. The summed E-state index contributed by atoms with van der Waals surface area (Å²) in [5, 5.41) is 3.65. The molecule has 1 aliphatic rings. The van der Waals surface area contributed by atoms with E-state index in [4.69, 9.17) is 16.3 Å². The normalized spacial score (nSPS) is 16.1. The van der Waals surface area contributed by atoms with Crippen molar-refractivity contribution in [1.82, 2.24) is 9.97 Å². The Balaban J connectivity index is 2.01. The van der Waals surface area contributed by atoms with E-state index in [2.05, 4.69) is 15.3 Å². The van der Waals surface area contributed by atoms with Crippen LogP contribution in [-0.2, 0) is 4.74 Å². The molecule has 1 aromatic heterocycles. The molecule has 1 saturated carbocycles. The van der Waals surface area contributed by atoms with Crippen molar-refractivity contribution >= 4 is 23.5 Å². The minimum atomic E-state index is 0.266. The van der Waals surface area contributed by atoms with Crippen molar-refractivity contribution in [3.63, 3.8) is 0 Å². The fourth-order valence-corrected chi connectivity index (χ4v) is 2.44. The van der Waals surface area contributed by atoms with Gasteiger partial charge in [0.25, 0.3) is 0 Å². The van der Waals surface area contributed by atoms with E-state index >= 15 is 0 Å². The highest BCUT2D eigenvalue weighted by Gasteiger charge is 2.15. The number of anilines is 1. The van der Waals surface area contributed by atoms with E-state index in [1.165, 1.54) is 25.7 Å². The van der Waals surface area contributed by atoms with Crippen molar-refractivity contribution in [3.05, 3.63) is 23.3 Å². The van der Waals surface area contributed by atoms with Gasteiger partial charge < -0.3 is 10.1 Å². The summed E-state index contributed by atoms with van der Waals surface area (Å²) in [6, 6.07) is 0. The van der Waals surface area contributed by atoms with Crippen LogP contribution in [0.5, 0.6) is 0 Å². The molecule has 4 nitrogen and oxygen atoms in total. The second kappa shape index (κ2) is 7.34. The average Bonchev–Trinajstić information content (AvgIpc) is 2.92. The summed E-state index contributed by atoms with van der Waals surface area (Å²) in [7, 11) is 0. The molecule has 19 heavy (non-hydrogen) atoms. The first-order valence-electron chi connectivity index (χ1n) is 6.84. The smallest absolute Gasteiger partial charge is 0.224 e. The van der Waals surface area contributed by atoms with E-state index in [0.717, 1.165) is 23.8 Å². The SMILES string of the molecule is CCO/C=C/c1cnc(Cl)nc1NCC1CCCC1. The number of hydrogen-bond donors (Lipinski definition) is 1. The quantitative estimate of drug-likeness (QED) is 0.637. The van der Waals surface area contributed by atoms with Crippen LogP contribution in [0.4, 0.5) is 5.82 Å². The van der Waals surface area contributed by atoms with Crippen molar-refractivity contribution in [2.75, 3.05) is 18.5 Å². The maximum absolute atomic E-state index is 5.86. The Morgan fingerprint density at radius 3 is 3.00 bits per heavy atom. The van der Waals surface area contributed by atoms with E-state index in [0.29, 0.717) is 6.61 Å². The van der Waals surface area contributed by atoms with Crippen molar-refractivity contribution in [2.45, 2.75) is 32.6 Å². The van der Waals surface area contributed by atoms with Crippen LogP contribution in [0.1, 0.15) is 38.2 Å². The summed E-state index contributed by atoms with van der Waals surface area (Å²) in [5.41, 5.74) is 0.899. The highest BCUT2D eigenvalue weighted by atomic mass is 35.5. The summed E-state index contributed by atoms with van der Waals surface area (Å²) < 4.78 is 5.20. The van der Waals surface area contributed by atoms with Gasteiger partial charge in [-0.05, 0) is 43.4 Å². The van der Waals surface area contributed by atoms with Gasteiger partial charge in [0, 0.05) is 18.3 Å². The fraction of sp³-hybridized carbons (Fsp3) is 0.571. The Morgan fingerprint density at radius 2 is 2.26 bits per heavy atom. The summed E-state index contributed by atoms with van der Waals surface area (Å²) in [5.74, 6) is 1.53. The molecule has 1 heterocycles. The Hall–Kier alpha value is -1.29. The van der Waals surface area contributed by atoms with Crippen LogP contribution in [-0.4, -0.2) is 23.1 Å². The van der Waals surface area contributed by atoms with Gasteiger partial charge in [0.2, 0.25) is 5.28 Å². The lowest BCUT2D eigenvalue weighted by atomic mass is 10.1. The van der Waals surface area contributed by atoms with Gasteiger partial charge in [0.15, 0.2) is 0 Å². The number of hydrogen-bond acceptors (Lipinski definition) is 4. The molecule has 0 aliphatic heterocycles. The van der Waals surface area contributed by atoms with E-state index in [1.54, 1.807) is 12.5 Å². The molecule has 0 aromatic carbocycles. The largest absolute Gasteiger partial charge is 0.501 e. The van der Waals surface area contributed by atoms with Crippen molar-refractivity contribution < 1.29 is 4.74 Å². The van der Waals surface area contributed by atoms with Gasteiger partial charge in [-0.1, -0.05) is 12.8 Å². The number of ether oxygens (including phenoxy) is 1. The zero-order chi connectivity index (χ0) is 13.5. The van der Waals surface area contributed by atoms with Gasteiger partial charge in [0.1, 0.15) is 5.82 Å². The van der Waals surface area contributed by atoms with E-state index in [9.17, 15) is 0 Å². The second-order valence-electron chi connectivity index (χ2n) is 4.73. The maximum atomic E-state index is 5.86. The molecule has 0 radical (unpaired) electrons. The van der Waals surface area contributed by atoms with Gasteiger partial charge in [-0.25, -0.2) is 9.97 Å². The average molecular weight is 282 g/mol. The molecule has 0 bridgehead atoms. The number of aromatic nitrogens is 2. The van der Waals surface area contributed by atoms with Crippen LogP contribution in [0.25, 0.3) is 6.08 Å². The molecule has 1 fully saturated rings. The molecule has 1 aromatic rings. The fourth-order valence-electron chi connectivity index (χ4n) is 2.31. The standard InChI is InChI=1S/C14H20ClN3O/c1-2-19-8-7-12-10-17-14(15)18-13(12)16-9-11-5-3-4-6-11/h7-8,10-11H,2-6,9H2,1H3,(H,16,17,18)/b8-7+. The summed E-state index contributed by atoms with van der Waals surface area (Å²) in [4.78, 5) is 8.26. The van der Waals surface area contributed by atoms with Crippen LogP contribution in [0.3, 0.4) is 0 Å². The van der Waals surface area contributed by atoms with Gasteiger partial charge in [0.05, 0.1) is 12.9 Å². The predicted molar refractivity (Wildman–Crippen MR) is 78.1 cm³/mol. The second-order valence-corrected chi connectivity index (χ2v) is 5.07. The molecule has 104 valence electrons. The van der Waals surface area contributed by atoms with Crippen molar-refractivity contribution in [2.24, 2.45) is 5.92 Å². The first kappa shape index (κ1) is 14.1. The Kier molecular flexibility index (Phi) is 5.45. The first-order chi connectivity index (χ1) is 9.29. The number of nitrogens with zero attached hydrogens (tertiary/aromatic N) is 2. The van der Waals surface area contributed by atoms with Crippen LogP contribution in [0, 0.1) is 5.92 Å². The zero-order valence-corrected chi connectivity index (χ0v) is 12.0. The molecular formula is C14H20ClN3O. The highest BCUT2D eigenvalue weighted by molar-refractivity contribution is 6.28. The molecular weight excluding hydrogens is 262 g/mol. The monoisotopic (exact) mass is 281 g/mol. The number of rotatable bonds is 6.